The fraction of sp³-hybridized carbons (Fsp3) is 0.478. The number of halogens is 1. The molecule has 348 valence electrons. The zero-order valence-electron chi connectivity index (χ0n) is 37.8. The summed E-state index contributed by atoms with van der Waals surface area (Å²) in [4.78, 5) is 143. The van der Waals surface area contributed by atoms with Crippen LogP contribution >= 0.6 is 15.9 Å². The monoisotopic (exact) mass is 970 g/mol. The summed E-state index contributed by atoms with van der Waals surface area (Å²) in [6.45, 7) is 15.8. The van der Waals surface area contributed by atoms with Crippen molar-refractivity contribution in [3.63, 3.8) is 0 Å². The van der Waals surface area contributed by atoms with Crippen LogP contribution in [0.25, 0.3) is 0 Å². The maximum Gasteiger partial charge on any atom is 1.00 e. The Balaban J connectivity index is 0.000000260. The molecule has 1 N–H and O–H groups in total. The third kappa shape index (κ3) is 9.79. The van der Waals surface area contributed by atoms with Crippen molar-refractivity contribution < 1.29 is 86.2 Å². The molecule has 2 saturated carbocycles. The van der Waals surface area contributed by atoms with Crippen molar-refractivity contribution in [1.29, 1.82) is 0 Å². The molecule has 2 atom stereocenters. The van der Waals surface area contributed by atoms with E-state index in [-0.39, 0.29) is 66.9 Å². The molecule has 18 nitrogen and oxygen atoms in total. The molecule has 2 aliphatic carbocycles. The summed E-state index contributed by atoms with van der Waals surface area (Å²) in [5.41, 5.74) is -4.28. The van der Waals surface area contributed by atoms with E-state index < -0.39 is 99.5 Å². The molecule has 0 radical (unpaired) electrons. The molecule has 0 aromatic heterocycles. The van der Waals surface area contributed by atoms with Gasteiger partial charge in [0.1, 0.15) is 23.3 Å². The zero-order chi connectivity index (χ0) is 47.8. The number of nitrogens with zero attached hydrogens (tertiary/aromatic N) is 4. The average molecular weight is 972 g/mol. The van der Waals surface area contributed by atoms with Crippen molar-refractivity contribution in [1.82, 2.24) is 19.6 Å². The summed E-state index contributed by atoms with van der Waals surface area (Å²) in [6, 6.07) is 5.95. The first-order valence-corrected chi connectivity index (χ1v) is 21.3. The minimum absolute atomic E-state index is 0. The molecule has 4 heterocycles. The number of carboxylic acids is 1. The molecule has 2 aromatic rings. The van der Waals surface area contributed by atoms with Gasteiger partial charge in [0, 0.05) is 4.47 Å². The van der Waals surface area contributed by atoms with Crippen LogP contribution in [-0.2, 0) is 28.7 Å². The maximum absolute atomic E-state index is 13.2. The van der Waals surface area contributed by atoms with Gasteiger partial charge in [0.25, 0.3) is 35.4 Å². The Morgan fingerprint density at radius 3 is 1.32 bits per heavy atom. The Hall–Kier alpha value is -5.51. The molecule has 6 aliphatic rings. The first kappa shape index (κ1) is 53.1. The topological polar surface area (TPSA) is 239 Å². The molecule has 2 aromatic carbocycles. The maximum atomic E-state index is 13.2. The van der Waals surface area contributed by atoms with Gasteiger partial charge in [-0.3, -0.25) is 48.2 Å². The fourth-order valence-corrected chi connectivity index (χ4v) is 8.41. The average Bonchev–Trinajstić information content (AvgIpc) is 4.09. The molecular formula is C46H52BrLiN4O14. The number of likely N-dealkylation sites (tertiary alicyclic amines) is 2. The summed E-state index contributed by atoms with van der Waals surface area (Å²) < 4.78 is 10.9. The van der Waals surface area contributed by atoms with Crippen LogP contribution in [0.1, 0.15) is 160 Å². The van der Waals surface area contributed by atoms with Crippen molar-refractivity contribution in [2.24, 2.45) is 10.8 Å². The van der Waals surface area contributed by atoms with Crippen LogP contribution in [0.4, 0.5) is 9.59 Å². The molecule has 8 rings (SSSR count). The summed E-state index contributed by atoms with van der Waals surface area (Å²) in [7, 11) is 0. The van der Waals surface area contributed by atoms with Crippen molar-refractivity contribution in [3.8, 4) is 0 Å². The summed E-state index contributed by atoms with van der Waals surface area (Å²) >= 11 is 3.27. The first-order chi connectivity index (χ1) is 29.6. The van der Waals surface area contributed by atoms with Gasteiger partial charge in [0.2, 0.25) is 11.8 Å². The van der Waals surface area contributed by atoms with Gasteiger partial charge in [-0.15, -0.1) is 0 Å². The van der Waals surface area contributed by atoms with E-state index in [1.807, 2.05) is 0 Å². The van der Waals surface area contributed by atoms with Crippen molar-refractivity contribution in [2.75, 3.05) is 0 Å². The van der Waals surface area contributed by atoms with Crippen LogP contribution in [0.2, 0.25) is 0 Å². The Morgan fingerprint density at radius 1 is 0.636 bits per heavy atom. The number of amides is 10. The number of hydrogen-bond donors (Lipinski definition) is 1. The molecule has 4 fully saturated rings. The van der Waals surface area contributed by atoms with Crippen LogP contribution in [-0.4, -0.2) is 113 Å². The molecule has 66 heavy (non-hydrogen) atoms. The van der Waals surface area contributed by atoms with Gasteiger partial charge < -0.3 is 20.5 Å². The van der Waals surface area contributed by atoms with E-state index >= 15 is 0 Å². The van der Waals surface area contributed by atoms with E-state index in [2.05, 4.69) is 36.7 Å². The zero-order valence-corrected chi connectivity index (χ0v) is 39.4. The number of piperidine rings is 2. The SMILES string of the molecule is C.CC(C)(C)OC(=O)N1C(=O)C(N2C(=O)c3cccc(Br)c3C2=O)CC2(CC2)C1=O.CC(C)(C)OC(=O)N1C(=O)C(N2C(=O)c3cccc(C(=O)O)c3C2=O)CC2(CC2)C1=O.C[C-](C)C.[Li+]. The molecular weight excluding hydrogens is 919 g/mol. The van der Waals surface area contributed by atoms with Crippen LogP contribution in [0.3, 0.4) is 0 Å². The van der Waals surface area contributed by atoms with E-state index in [4.69, 9.17) is 9.47 Å². The quantitative estimate of drug-likeness (QED) is 0.260. The Bertz CT molecular complexity index is 2460. The number of fused-ring (bicyclic) bond motifs is 2. The first-order valence-electron chi connectivity index (χ1n) is 20.5. The van der Waals surface area contributed by atoms with E-state index in [1.54, 1.807) is 53.7 Å². The predicted octanol–water partition coefficient (Wildman–Crippen LogP) is 3.97. The van der Waals surface area contributed by atoms with Gasteiger partial charge in [-0.25, -0.2) is 14.4 Å². The number of carboxylic acid groups (broad SMARTS) is 1. The number of aromatic carboxylic acids is 1. The van der Waals surface area contributed by atoms with Crippen molar-refractivity contribution in [2.45, 2.75) is 132 Å². The largest absolute Gasteiger partial charge is 1.00 e. The number of imide groups is 8. The summed E-state index contributed by atoms with van der Waals surface area (Å²) in [5, 5.41) is 9.39. The normalized spacial score (nSPS) is 21.0. The van der Waals surface area contributed by atoms with Crippen LogP contribution in [0.5, 0.6) is 0 Å². The van der Waals surface area contributed by atoms with Crippen molar-refractivity contribution >= 4 is 81.3 Å². The Kier molecular flexibility index (Phi) is 15.0. The molecule has 10 amide bonds. The van der Waals surface area contributed by atoms with Crippen LogP contribution in [0.15, 0.2) is 40.9 Å². The molecule has 0 bridgehead atoms. The van der Waals surface area contributed by atoms with E-state index in [0.29, 0.717) is 44.9 Å². The van der Waals surface area contributed by atoms with Gasteiger partial charge in [-0.1, -0.05) is 19.6 Å². The van der Waals surface area contributed by atoms with E-state index in [1.165, 1.54) is 30.2 Å². The second-order valence-electron chi connectivity index (χ2n) is 19.1. The minimum Gasteiger partial charge on any atom is -0.478 e. The second-order valence-corrected chi connectivity index (χ2v) is 19.9. The van der Waals surface area contributed by atoms with Gasteiger partial charge in [0.15, 0.2) is 0 Å². The van der Waals surface area contributed by atoms with Gasteiger partial charge in [0.05, 0.1) is 38.6 Å². The third-order valence-corrected chi connectivity index (χ3v) is 11.7. The smallest absolute Gasteiger partial charge is 0.478 e. The molecule has 4 aliphatic heterocycles. The number of hydrogen-bond acceptors (Lipinski definition) is 13. The number of ether oxygens (including phenoxy) is 2. The number of carbonyl (C=O) groups is 11. The summed E-state index contributed by atoms with van der Waals surface area (Å²) in [6.07, 6.45) is -0.562. The number of carbonyl (C=O) groups excluding carboxylic acids is 10. The fourth-order valence-electron chi connectivity index (χ4n) is 7.87. The van der Waals surface area contributed by atoms with Gasteiger partial charge >= 0.3 is 37.0 Å². The van der Waals surface area contributed by atoms with Crippen LogP contribution in [0, 0.1) is 16.7 Å². The Morgan fingerprint density at radius 2 is 0.985 bits per heavy atom. The Labute approximate surface area is 402 Å². The van der Waals surface area contributed by atoms with Gasteiger partial charge in [-0.05, 0) is 120 Å². The summed E-state index contributed by atoms with van der Waals surface area (Å²) in [5.74, 6) is -6.25. The molecule has 2 unspecified atom stereocenters. The predicted molar refractivity (Wildman–Crippen MR) is 232 cm³/mol. The van der Waals surface area contributed by atoms with Gasteiger partial charge in [-0.2, -0.15) is 30.6 Å². The molecule has 20 heteroatoms. The number of rotatable bonds is 3. The third-order valence-electron chi connectivity index (χ3n) is 11.0. The number of benzene rings is 2. The van der Waals surface area contributed by atoms with E-state index in [0.717, 1.165) is 4.90 Å². The van der Waals surface area contributed by atoms with Crippen molar-refractivity contribution in [3.05, 3.63) is 74.6 Å². The molecule has 2 spiro atoms. The van der Waals surface area contributed by atoms with E-state index in [9.17, 15) is 57.8 Å². The molecule has 2 saturated heterocycles. The van der Waals surface area contributed by atoms with Crippen LogP contribution < -0.4 is 18.9 Å². The minimum atomic E-state index is -1.42. The second kappa shape index (κ2) is 18.6. The standard InChI is InChI=1S/C21H20N2O8.C20H19BrN2O6.C4H9.CH4.Li/c1-20(2,3)31-19(30)23-15(25)12(9-21(7-8-21)18(23)29)22-14(24)10-5-4-6-11(17(27)28)13(10)16(22)26;1-19(2,3)29-18(28)23-15(25)12(9-20(7-8-20)17(23)27)22-14(24)10-5-4-6-11(21)13(10)16(22)26;1-4(2)3;;/h4-6,12H,7-9H2,1-3H3,(H,27,28);4-6,12H,7-9H2,1-3H3;1-3H3;1H4;/q;;-1;;+1.